The smallest absolute Gasteiger partial charge is 0.323 e. The topological polar surface area (TPSA) is 130 Å². The molecule has 0 aromatic rings. The van der Waals surface area contributed by atoms with Gasteiger partial charge in [-0.25, -0.2) is 10.4 Å². The largest absolute Gasteiger partial charge is 0.480 e. The number of hydrogen-bond acceptors (Lipinski definition) is 6. The number of hydrazine groups is 2. The summed E-state index contributed by atoms with van der Waals surface area (Å²) in [4.78, 5) is 34.2. The van der Waals surface area contributed by atoms with Gasteiger partial charge in [-0.05, 0) is 32.1 Å². The van der Waals surface area contributed by atoms with E-state index in [0.29, 0.717) is 19.4 Å². The Bertz CT molecular complexity index is 456. The van der Waals surface area contributed by atoms with E-state index in [0.717, 1.165) is 0 Å². The Morgan fingerprint density at radius 1 is 1.17 bits per heavy atom. The lowest BCUT2D eigenvalue weighted by atomic mass is 10.0. The predicted octanol–water partition coefficient (Wildman–Crippen LogP) is 0.229. The zero-order valence-corrected chi connectivity index (χ0v) is 13.6. The summed E-state index contributed by atoms with van der Waals surface area (Å²) in [5.74, 6) is -3.27. The average molecular weight is 331 g/mol. The number of carbonyl (C=O) groups is 3. The van der Waals surface area contributed by atoms with Gasteiger partial charge in [0.25, 0.3) is 0 Å². The molecule has 1 aliphatic heterocycles. The summed E-state index contributed by atoms with van der Waals surface area (Å²) >= 11 is 0. The molecule has 0 aliphatic carbocycles. The van der Waals surface area contributed by atoms with E-state index in [9.17, 15) is 24.6 Å². The maximum Gasteiger partial charge on any atom is 0.323 e. The van der Waals surface area contributed by atoms with E-state index in [1.54, 1.807) is 0 Å². The summed E-state index contributed by atoms with van der Waals surface area (Å²) in [6.45, 7) is 5.45. The van der Waals surface area contributed by atoms with Crippen LogP contribution in [0.1, 0.15) is 40.0 Å². The minimum atomic E-state index is -1.14. The Morgan fingerprint density at radius 2 is 1.78 bits per heavy atom. The molecule has 9 nitrogen and oxygen atoms in total. The maximum atomic E-state index is 11.7. The number of rotatable bonds is 9. The Morgan fingerprint density at radius 3 is 2.22 bits per heavy atom. The van der Waals surface area contributed by atoms with Crippen molar-refractivity contribution in [3.63, 3.8) is 0 Å². The number of hydrogen-bond donors (Lipinski definition) is 4. The van der Waals surface area contributed by atoms with Crippen molar-refractivity contribution in [1.29, 1.82) is 0 Å². The summed E-state index contributed by atoms with van der Waals surface area (Å²) in [6, 6.07) is -2.95. The summed E-state index contributed by atoms with van der Waals surface area (Å²) < 4.78 is 0. The molecule has 3 atom stereocenters. The minimum absolute atomic E-state index is 0.0476. The zero-order chi connectivity index (χ0) is 17.7. The third-order valence-corrected chi connectivity index (χ3v) is 3.76. The number of nitrogens with one attached hydrogen (secondary N) is 1. The second-order valence-corrected chi connectivity index (χ2v) is 6.18. The summed E-state index contributed by atoms with van der Waals surface area (Å²) in [7, 11) is 0. The molecule has 0 saturated carbocycles. The second-order valence-electron chi connectivity index (χ2n) is 6.18. The van der Waals surface area contributed by atoms with Gasteiger partial charge in [0.15, 0.2) is 0 Å². The molecule has 1 rings (SSSR count). The van der Waals surface area contributed by atoms with Crippen LogP contribution in [0.3, 0.4) is 0 Å². The Labute approximate surface area is 134 Å². The fourth-order valence-corrected chi connectivity index (χ4v) is 2.61. The van der Waals surface area contributed by atoms with Crippen LogP contribution in [0.25, 0.3) is 0 Å². The van der Waals surface area contributed by atoms with Crippen LogP contribution in [0.4, 0.5) is 0 Å². The lowest BCUT2D eigenvalue weighted by Crippen LogP contribution is -2.64. The molecular formula is C14H25N3O6. The Balaban J connectivity index is 3.10. The highest BCUT2D eigenvalue weighted by Crippen LogP contribution is 2.23. The normalized spacial score (nSPS) is 21.5. The molecule has 0 amide bonds. The van der Waals surface area contributed by atoms with Crippen molar-refractivity contribution in [2.45, 2.75) is 58.2 Å². The van der Waals surface area contributed by atoms with Crippen molar-refractivity contribution in [2.75, 3.05) is 6.54 Å². The van der Waals surface area contributed by atoms with E-state index in [2.05, 4.69) is 5.43 Å². The molecule has 0 aromatic heterocycles. The molecule has 23 heavy (non-hydrogen) atoms. The molecule has 4 N–H and O–H groups in total. The third-order valence-electron chi connectivity index (χ3n) is 3.76. The van der Waals surface area contributed by atoms with Gasteiger partial charge in [0, 0.05) is 6.54 Å². The van der Waals surface area contributed by atoms with Gasteiger partial charge in [-0.2, -0.15) is 5.12 Å². The van der Waals surface area contributed by atoms with Crippen LogP contribution in [-0.4, -0.2) is 68.0 Å². The van der Waals surface area contributed by atoms with Crippen molar-refractivity contribution in [2.24, 2.45) is 5.92 Å². The molecule has 0 bridgehead atoms. The van der Waals surface area contributed by atoms with E-state index < -0.39 is 36.0 Å². The van der Waals surface area contributed by atoms with E-state index >= 15 is 0 Å². The molecule has 0 radical (unpaired) electrons. The molecular weight excluding hydrogens is 306 g/mol. The van der Waals surface area contributed by atoms with Gasteiger partial charge in [0.05, 0.1) is 0 Å². The monoisotopic (exact) mass is 331 g/mol. The van der Waals surface area contributed by atoms with Gasteiger partial charge < -0.3 is 15.3 Å². The third kappa shape index (κ3) is 5.15. The van der Waals surface area contributed by atoms with E-state index in [1.807, 2.05) is 13.8 Å². The highest BCUT2D eigenvalue weighted by atomic mass is 16.4. The van der Waals surface area contributed by atoms with E-state index in [4.69, 9.17) is 5.11 Å². The van der Waals surface area contributed by atoms with Crippen LogP contribution in [0.5, 0.6) is 0 Å². The van der Waals surface area contributed by atoms with Crippen molar-refractivity contribution in [3.8, 4) is 0 Å². The molecule has 0 spiro atoms. The highest BCUT2D eigenvalue weighted by molar-refractivity contribution is 5.75. The highest BCUT2D eigenvalue weighted by Gasteiger charge is 2.41. The summed E-state index contributed by atoms with van der Waals surface area (Å²) in [6.07, 6.45) is 1.26. The van der Waals surface area contributed by atoms with Gasteiger partial charge in [-0.1, -0.05) is 13.8 Å². The van der Waals surface area contributed by atoms with Crippen LogP contribution in [-0.2, 0) is 14.4 Å². The lowest BCUT2D eigenvalue weighted by Gasteiger charge is -2.40. The molecule has 0 unspecified atom stereocenters. The fraction of sp³-hybridized carbons (Fsp3) is 0.786. The SMILES string of the molecule is CC(C)C[C@@H](C(=O)O)N(N[C@@H](C)C(=O)O)N1CCC[C@H]1C(=O)O. The van der Waals surface area contributed by atoms with Crippen LogP contribution < -0.4 is 5.43 Å². The van der Waals surface area contributed by atoms with Crippen LogP contribution in [0.2, 0.25) is 0 Å². The zero-order valence-electron chi connectivity index (χ0n) is 13.6. The van der Waals surface area contributed by atoms with E-state index in [-0.39, 0.29) is 12.3 Å². The fourth-order valence-electron chi connectivity index (χ4n) is 2.61. The standard InChI is InChI=1S/C14H25N3O6/c1-8(2)7-11(14(22)23)17(15-9(3)12(18)19)16-6-4-5-10(16)13(20)21/h8-11,15H,4-7H2,1-3H3,(H,18,19)(H,20,21)(H,22,23)/t9-,10-,11-/m0/s1. The first-order valence-electron chi connectivity index (χ1n) is 7.65. The summed E-state index contributed by atoms with van der Waals surface area (Å²) in [5, 5.41) is 30.5. The number of aliphatic carboxylic acids is 3. The maximum absolute atomic E-state index is 11.7. The van der Waals surface area contributed by atoms with Crippen molar-refractivity contribution in [1.82, 2.24) is 15.6 Å². The second kappa shape index (κ2) is 8.23. The van der Waals surface area contributed by atoms with Gasteiger partial charge in [0.1, 0.15) is 18.1 Å². The van der Waals surface area contributed by atoms with Crippen LogP contribution in [0.15, 0.2) is 0 Å². The molecule has 1 heterocycles. The Kier molecular flexibility index (Phi) is 6.92. The first-order valence-corrected chi connectivity index (χ1v) is 7.65. The number of carboxylic acids is 3. The van der Waals surface area contributed by atoms with Gasteiger partial charge in [0.2, 0.25) is 0 Å². The van der Waals surface area contributed by atoms with Gasteiger partial charge >= 0.3 is 17.9 Å². The van der Waals surface area contributed by atoms with Crippen molar-refractivity contribution in [3.05, 3.63) is 0 Å². The first-order chi connectivity index (χ1) is 10.6. The predicted molar refractivity (Wildman–Crippen MR) is 80.3 cm³/mol. The number of carboxylic acid groups (broad SMARTS) is 3. The van der Waals surface area contributed by atoms with Crippen LogP contribution in [0, 0.1) is 5.92 Å². The average Bonchev–Trinajstić information content (AvgIpc) is 2.90. The molecule has 132 valence electrons. The lowest BCUT2D eigenvalue weighted by molar-refractivity contribution is -0.180. The Hall–Kier alpha value is -1.71. The van der Waals surface area contributed by atoms with Crippen molar-refractivity contribution >= 4 is 17.9 Å². The molecule has 1 aliphatic rings. The quantitative estimate of drug-likeness (QED) is 0.438. The molecule has 0 aromatic carbocycles. The molecule has 9 heteroatoms. The number of nitrogens with zero attached hydrogens (tertiary/aromatic N) is 2. The van der Waals surface area contributed by atoms with Gasteiger partial charge in [-0.3, -0.25) is 14.4 Å². The van der Waals surface area contributed by atoms with Crippen molar-refractivity contribution < 1.29 is 29.7 Å². The van der Waals surface area contributed by atoms with Crippen LogP contribution >= 0.6 is 0 Å². The van der Waals surface area contributed by atoms with E-state index in [1.165, 1.54) is 17.1 Å². The van der Waals surface area contributed by atoms with Gasteiger partial charge in [-0.15, -0.1) is 0 Å². The molecule has 1 fully saturated rings. The molecule has 1 saturated heterocycles. The summed E-state index contributed by atoms with van der Waals surface area (Å²) in [5.41, 5.74) is 2.65. The minimum Gasteiger partial charge on any atom is -0.480 e. The first kappa shape index (κ1) is 19.3.